The largest absolute Gasteiger partial charge is 0.480 e. The van der Waals surface area contributed by atoms with Crippen LogP contribution in [0.15, 0.2) is 30.5 Å². The highest BCUT2D eigenvalue weighted by atomic mass is 16.4. The number of carboxylic acid groups (broad SMARTS) is 1. The fourth-order valence-corrected chi connectivity index (χ4v) is 3.23. The molecular formula is C21H30N4O5. The number of aliphatic hydroxyl groups is 1. The van der Waals surface area contributed by atoms with Crippen LogP contribution in [0.2, 0.25) is 0 Å². The quantitative estimate of drug-likeness (QED) is 0.315. The van der Waals surface area contributed by atoms with E-state index in [0.717, 1.165) is 22.9 Å². The molecule has 4 atom stereocenters. The predicted octanol–water partition coefficient (Wildman–Crippen LogP) is 0.663. The Morgan fingerprint density at radius 3 is 2.50 bits per heavy atom. The van der Waals surface area contributed by atoms with Crippen LogP contribution in [-0.2, 0) is 20.8 Å². The summed E-state index contributed by atoms with van der Waals surface area (Å²) in [6, 6.07) is 4.39. The number of para-hydroxylation sites is 1. The maximum Gasteiger partial charge on any atom is 0.328 e. The van der Waals surface area contributed by atoms with Crippen LogP contribution < -0.4 is 16.4 Å². The molecule has 2 aromatic rings. The molecule has 9 heteroatoms. The molecule has 0 saturated heterocycles. The number of aromatic nitrogens is 1. The number of fused-ring (bicyclic) bond motifs is 1. The third-order valence-corrected chi connectivity index (χ3v) is 4.98. The van der Waals surface area contributed by atoms with Gasteiger partial charge in [-0.2, -0.15) is 0 Å². The average molecular weight is 418 g/mol. The van der Waals surface area contributed by atoms with E-state index in [1.807, 2.05) is 31.2 Å². The number of benzene rings is 1. The second-order valence-corrected chi connectivity index (χ2v) is 7.44. The fourth-order valence-electron chi connectivity index (χ4n) is 3.23. The number of carboxylic acids is 1. The Balaban J connectivity index is 2.05. The van der Waals surface area contributed by atoms with E-state index in [4.69, 9.17) is 10.8 Å². The maximum absolute atomic E-state index is 12.6. The number of aliphatic hydroxyl groups excluding tert-OH is 1. The molecule has 0 saturated carbocycles. The van der Waals surface area contributed by atoms with Gasteiger partial charge in [0.05, 0.1) is 12.1 Å². The van der Waals surface area contributed by atoms with Gasteiger partial charge in [0, 0.05) is 17.1 Å². The normalized spacial score (nSPS) is 15.2. The van der Waals surface area contributed by atoms with E-state index in [0.29, 0.717) is 12.8 Å². The van der Waals surface area contributed by atoms with Gasteiger partial charge < -0.3 is 31.6 Å². The summed E-state index contributed by atoms with van der Waals surface area (Å²) in [5.74, 6) is -2.51. The highest BCUT2D eigenvalue weighted by molar-refractivity contribution is 5.92. The number of carbonyl (C=O) groups excluding carboxylic acids is 2. The van der Waals surface area contributed by atoms with Gasteiger partial charge in [-0.1, -0.05) is 38.0 Å². The lowest BCUT2D eigenvalue weighted by Crippen LogP contribution is -2.56. The Morgan fingerprint density at radius 1 is 1.17 bits per heavy atom. The van der Waals surface area contributed by atoms with Crippen molar-refractivity contribution in [3.8, 4) is 0 Å². The minimum Gasteiger partial charge on any atom is -0.480 e. The van der Waals surface area contributed by atoms with Crippen molar-refractivity contribution >= 4 is 28.7 Å². The van der Waals surface area contributed by atoms with Gasteiger partial charge >= 0.3 is 5.97 Å². The van der Waals surface area contributed by atoms with Crippen LogP contribution in [0.3, 0.4) is 0 Å². The summed E-state index contributed by atoms with van der Waals surface area (Å²) in [6.45, 7) is 3.21. The minimum absolute atomic E-state index is 0.281. The summed E-state index contributed by atoms with van der Waals surface area (Å²) >= 11 is 0. The number of hydrogen-bond acceptors (Lipinski definition) is 5. The number of nitrogens with one attached hydrogen (secondary N) is 3. The average Bonchev–Trinajstić information content (AvgIpc) is 3.11. The molecule has 2 rings (SSSR count). The van der Waals surface area contributed by atoms with Crippen molar-refractivity contribution < 1.29 is 24.6 Å². The molecule has 0 unspecified atom stereocenters. The molecule has 9 nitrogen and oxygen atoms in total. The Kier molecular flexibility index (Phi) is 8.37. The van der Waals surface area contributed by atoms with Crippen molar-refractivity contribution in [2.75, 3.05) is 0 Å². The summed E-state index contributed by atoms with van der Waals surface area (Å²) < 4.78 is 0. The molecule has 7 N–H and O–H groups in total. The van der Waals surface area contributed by atoms with E-state index in [1.54, 1.807) is 6.20 Å². The minimum atomic E-state index is -1.46. The Hall–Kier alpha value is -2.91. The first-order valence-electron chi connectivity index (χ1n) is 10.1. The van der Waals surface area contributed by atoms with E-state index < -0.39 is 42.0 Å². The lowest BCUT2D eigenvalue weighted by atomic mass is 10.0. The fraction of sp³-hybridized carbons (Fsp3) is 0.476. The highest BCUT2D eigenvalue weighted by Gasteiger charge is 2.30. The molecule has 1 heterocycles. The van der Waals surface area contributed by atoms with Crippen LogP contribution in [0.1, 0.15) is 38.7 Å². The van der Waals surface area contributed by atoms with Crippen molar-refractivity contribution in [2.24, 2.45) is 5.73 Å². The van der Waals surface area contributed by atoms with Crippen molar-refractivity contribution in [3.63, 3.8) is 0 Å². The second kappa shape index (κ2) is 10.7. The number of aromatic amines is 1. The smallest absolute Gasteiger partial charge is 0.328 e. The molecule has 0 fully saturated rings. The monoisotopic (exact) mass is 418 g/mol. The first-order valence-corrected chi connectivity index (χ1v) is 10.1. The lowest BCUT2D eigenvalue weighted by Gasteiger charge is -2.24. The molecule has 0 aliphatic rings. The molecule has 0 bridgehead atoms. The van der Waals surface area contributed by atoms with Gasteiger partial charge in [0.1, 0.15) is 6.04 Å². The van der Waals surface area contributed by atoms with E-state index in [-0.39, 0.29) is 6.42 Å². The van der Waals surface area contributed by atoms with Gasteiger partial charge in [-0.3, -0.25) is 9.59 Å². The molecule has 164 valence electrons. The second-order valence-electron chi connectivity index (χ2n) is 7.44. The van der Waals surface area contributed by atoms with Crippen molar-refractivity contribution in [2.45, 2.75) is 63.8 Å². The summed E-state index contributed by atoms with van der Waals surface area (Å²) in [4.78, 5) is 39.6. The third-order valence-electron chi connectivity index (χ3n) is 4.98. The zero-order chi connectivity index (χ0) is 22.3. The zero-order valence-electron chi connectivity index (χ0n) is 17.2. The van der Waals surface area contributed by atoms with Crippen LogP contribution in [0.4, 0.5) is 0 Å². The summed E-state index contributed by atoms with van der Waals surface area (Å²) in [5.41, 5.74) is 7.92. The molecule has 1 aromatic carbocycles. The lowest BCUT2D eigenvalue weighted by molar-refractivity contribution is -0.145. The number of unbranched alkanes of at least 4 members (excludes halogenated alkanes) is 1. The Morgan fingerprint density at radius 2 is 1.87 bits per heavy atom. The zero-order valence-corrected chi connectivity index (χ0v) is 17.2. The molecule has 30 heavy (non-hydrogen) atoms. The van der Waals surface area contributed by atoms with E-state index in [1.165, 1.54) is 6.92 Å². The molecule has 0 radical (unpaired) electrons. The number of H-pyrrole nitrogens is 1. The number of rotatable bonds is 11. The predicted molar refractivity (Wildman–Crippen MR) is 113 cm³/mol. The molecule has 1 aromatic heterocycles. The summed E-state index contributed by atoms with van der Waals surface area (Å²) in [6.07, 6.45) is 2.59. The van der Waals surface area contributed by atoms with Gasteiger partial charge in [0.2, 0.25) is 11.8 Å². The SMILES string of the molecule is CCCC[C@H](NC(=O)[C@@H](N)Cc1c[nH]c2ccccc12)C(=O)N[C@H](C(=O)O)[C@@H](C)O. The van der Waals surface area contributed by atoms with Crippen molar-refractivity contribution in [1.82, 2.24) is 15.6 Å². The number of carbonyl (C=O) groups is 3. The summed E-state index contributed by atoms with van der Waals surface area (Å²) in [7, 11) is 0. The Bertz CT molecular complexity index is 879. The first-order chi connectivity index (χ1) is 14.2. The highest BCUT2D eigenvalue weighted by Crippen LogP contribution is 2.18. The van der Waals surface area contributed by atoms with Crippen molar-refractivity contribution in [1.29, 1.82) is 0 Å². The van der Waals surface area contributed by atoms with E-state index in [2.05, 4.69) is 15.6 Å². The Labute approximate surface area is 175 Å². The molecule has 0 aliphatic heterocycles. The molecular weight excluding hydrogens is 388 g/mol. The standard InChI is InChI=1S/C21H30N4O5/c1-3-4-8-17(20(28)25-18(12(2)26)21(29)30)24-19(27)15(22)10-13-11-23-16-9-6-5-7-14(13)16/h5-7,9,11-12,15,17-18,23,26H,3-4,8,10,22H2,1-2H3,(H,24,27)(H,25,28)(H,29,30)/t12-,15+,17+,18+/m1/s1. The first kappa shape index (κ1) is 23.4. The molecule has 2 amide bonds. The maximum atomic E-state index is 12.6. The van der Waals surface area contributed by atoms with Gasteiger partial charge in [-0.05, 0) is 31.4 Å². The van der Waals surface area contributed by atoms with E-state index >= 15 is 0 Å². The molecule has 0 spiro atoms. The number of aliphatic carboxylic acids is 1. The number of hydrogen-bond donors (Lipinski definition) is 6. The van der Waals surface area contributed by atoms with Crippen LogP contribution in [-0.4, -0.2) is 57.2 Å². The number of amides is 2. The van der Waals surface area contributed by atoms with Gasteiger partial charge in [0.15, 0.2) is 6.04 Å². The van der Waals surface area contributed by atoms with Crippen LogP contribution in [0, 0.1) is 0 Å². The van der Waals surface area contributed by atoms with Crippen LogP contribution in [0.5, 0.6) is 0 Å². The molecule has 0 aliphatic carbocycles. The van der Waals surface area contributed by atoms with Gasteiger partial charge in [-0.15, -0.1) is 0 Å². The van der Waals surface area contributed by atoms with Gasteiger partial charge in [-0.25, -0.2) is 4.79 Å². The summed E-state index contributed by atoms with van der Waals surface area (Å²) in [5, 5.41) is 24.6. The van der Waals surface area contributed by atoms with Crippen LogP contribution >= 0.6 is 0 Å². The van der Waals surface area contributed by atoms with Crippen molar-refractivity contribution in [3.05, 3.63) is 36.0 Å². The van der Waals surface area contributed by atoms with Gasteiger partial charge in [0.25, 0.3) is 0 Å². The topological polar surface area (TPSA) is 158 Å². The van der Waals surface area contributed by atoms with Crippen LogP contribution in [0.25, 0.3) is 10.9 Å². The van der Waals surface area contributed by atoms with E-state index in [9.17, 15) is 19.5 Å². The third kappa shape index (κ3) is 6.04. The number of nitrogens with two attached hydrogens (primary N) is 1.